The van der Waals surface area contributed by atoms with E-state index >= 15 is 0 Å². The van der Waals surface area contributed by atoms with E-state index in [-0.39, 0.29) is 29.2 Å². The van der Waals surface area contributed by atoms with E-state index in [9.17, 15) is 9.59 Å². The van der Waals surface area contributed by atoms with Gasteiger partial charge in [0.25, 0.3) is 0 Å². The Morgan fingerprint density at radius 2 is 1.65 bits per heavy atom. The van der Waals surface area contributed by atoms with E-state index in [0.29, 0.717) is 5.92 Å². The fourth-order valence-corrected chi connectivity index (χ4v) is 3.89. The zero-order valence-corrected chi connectivity index (χ0v) is 15.1. The highest BCUT2D eigenvalue weighted by Gasteiger charge is 2.38. The molecule has 0 heterocycles. The van der Waals surface area contributed by atoms with Crippen LogP contribution in [-0.4, -0.2) is 17.4 Å². The van der Waals surface area contributed by atoms with Crippen LogP contribution in [0.25, 0.3) is 0 Å². The molecule has 0 aromatic carbocycles. The van der Waals surface area contributed by atoms with Crippen LogP contribution < -0.4 is 11.1 Å². The predicted molar refractivity (Wildman–Crippen MR) is 92.6 cm³/mol. The van der Waals surface area contributed by atoms with Gasteiger partial charge in [0.1, 0.15) is 0 Å². The van der Waals surface area contributed by atoms with Crippen molar-refractivity contribution in [2.24, 2.45) is 29.4 Å². The molecule has 0 spiro atoms. The van der Waals surface area contributed by atoms with Crippen molar-refractivity contribution in [1.82, 2.24) is 5.32 Å². The maximum Gasteiger partial charge on any atom is 0.224 e. The van der Waals surface area contributed by atoms with E-state index in [0.717, 1.165) is 25.2 Å². The number of amides is 2. The molecule has 2 aliphatic carbocycles. The molecule has 23 heavy (non-hydrogen) atoms. The Balaban J connectivity index is 2.01. The highest BCUT2D eigenvalue weighted by Crippen LogP contribution is 2.39. The fraction of sp³-hybridized carbons (Fsp3) is 0.895. The Hall–Kier alpha value is -1.06. The second-order valence-corrected chi connectivity index (χ2v) is 8.76. The van der Waals surface area contributed by atoms with Crippen LogP contribution in [0.4, 0.5) is 0 Å². The van der Waals surface area contributed by atoms with E-state index in [1.54, 1.807) is 0 Å². The van der Waals surface area contributed by atoms with Crippen molar-refractivity contribution in [3.8, 4) is 0 Å². The molecule has 0 saturated heterocycles. The average molecular weight is 322 g/mol. The van der Waals surface area contributed by atoms with Crippen LogP contribution in [0.3, 0.4) is 0 Å². The Labute approximate surface area is 141 Å². The summed E-state index contributed by atoms with van der Waals surface area (Å²) in [6.45, 7) is 5.95. The SMILES string of the molecule is CC(C)(C)NC(=O)C(CC1CC1)C(CCC1CCCC1)C(N)=O. The number of nitrogens with one attached hydrogen (secondary N) is 1. The van der Waals surface area contributed by atoms with Crippen LogP contribution in [0, 0.1) is 23.7 Å². The van der Waals surface area contributed by atoms with Crippen molar-refractivity contribution < 1.29 is 9.59 Å². The van der Waals surface area contributed by atoms with Gasteiger partial charge < -0.3 is 11.1 Å². The third-order valence-electron chi connectivity index (χ3n) is 5.33. The summed E-state index contributed by atoms with van der Waals surface area (Å²) in [4.78, 5) is 24.8. The second kappa shape index (κ2) is 7.67. The lowest BCUT2D eigenvalue weighted by Crippen LogP contribution is -2.47. The van der Waals surface area contributed by atoms with Crippen LogP contribution in [0.1, 0.15) is 78.6 Å². The number of hydrogen-bond acceptors (Lipinski definition) is 2. The first-order chi connectivity index (χ1) is 10.8. The highest BCUT2D eigenvalue weighted by molar-refractivity contribution is 5.87. The number of hydrogen-bond donors (Lipinski definition) is 2. The Bertz CT molecular complexity index is 418. The van der Waals surface area contributed by atoms with Crippen LogP contribution in [0.15, 0.2) is 0 Å². The zero-order chi connectivity index (χ0) is 17.0. The van der Waals surface area contributed by atoms with Crippen molar-refractivity contribution >= 4 is 11.8 Å². The normalized spacial score (nSPS) is 21.9. The van der Waals surface area contributed by atoms with Crippen LogP contribution in [0.2, 0.25) is 0 Å². The third-order valence-corrected chi connectivity index (χ3v) is 5.33. The van der Waals surface area contributed by atoms with Crippen molar-refractivity contribution in [1.29, 1.82) is 0 Å². The molecule has 0 aromatic rings. The topological polar surface area (TPSA) is 72.2 Å². The van der Waals surface area contributed by atoms with E-state index in [1.807, 2.05) is 20.8 Å². The maximum atomic E-state index is 12.7. The maximum absolute atomic E-state index is 12.7. The van der Waals surface area contributed by atoms with E-state index in [1.165, 1.54) is 38.5 Å². The molecule has 0 aliphatic heterocycles. The van der Waals surface area contributed by atoms with Gasteiger partial charge in [-0.1, -0.05) is 38.5 Å². The Morgan fingerprint density at radius 3 is 2.13 bits per heavy atom. The predicted octanol–water partition coefficient (Wildman–Crippen LogP) is 3.39. The lowest BCUT2D eigenvalue weighted by atomic mass is 9.81. The molecule has 3 N–H and O–H groups in total. The van der Waals surface area contributed by atoms with Gasteiger partial charge in [-0.25, -0.2) is 0 Å². The van der Waals surface area contributed by atoms with Crippen LogP contribution in [0.5, 0.6) is 0 Å². The number of rotatable bonds is 8. The summed E-state index contributed by atoms with van der Waals surface area (Å²) in [5.74, 6) is 0.500. The highest BCUT2D eigenvalue weighted by atomic mass is 16.2. The summed E-state index contributed by atoms with van der Waals surface area (Å²) in [6.07, 6.45) is 10.2. The molecule has 4 nitrogen and oxygen atoms in total. The van der Waals surface area contributed by atoms with Gasteiger partial charge in [0, 0.05) is 17.4 Å². The lowest BCUT2D eigenvalue weighted by Gasteiger charge is -2.29. The minimum Gasteiger partial charge on any atom is -0.369 e. The minimum atomic E-state index is -0.307. The zero-order valence-electron chi connectivity index (χ0n) is 15.1. The summed E-state index contributed by atoms with van der Waals surface area (Å²) in [6, 6.07) is 0. The van der Waals surface area contributed by atoms with E-state index < -0.39 is 0 Å². The molecule has 2 fully saturated rings. The number of carbonyl (C=O) groups excluding carboxylic acids is 2. The molecule has 0 aromatic heterocycles. The summed E-state index contributed by atoms with van der Waals surface area (Å²) in [5, 5.41) is 3.07. The van der Waals surface area contributed by atoms with Gasteiger partial charge in [0.2, 0.25) is 11.8 Å². The van der Waals surface area contributed by atoms with Gasteiger partial charge in [-0.3, -0.25) is 9.59 Å². The molecular weight excluding hydrogens is 288 g/mol. The average Bonchev–Trinajstić information content (AvgIpc) is 3.08. The van der Waals surface area contributed by atoms with Crippen LogP contribution >= 0.6 is 0 Å². The number of carbonyl (C=O) groups is 2. The molecular formula is C19H34N2O2. The van der Waals surface area contributed by atoms with Gasteiger partial charge in [0.15, 0.2) is 0 Å². The number of nitrogens with two attached hydrogens (primary N) is 1. The molecule has 132 valence electrons. The van der Waals surface area contributed by atoms with E-state index in [4.69, 9.17) is 5.73 Å². The first-order valence-electron chi connectivity index (χ1n) is 9.37. The molecule has 4 heteroatoms. The molecule has 2 unspecified atom stereocenters. The summed E-state index contributed by atoms with van der Waals surface area (Å²) in [5.41, 5.74) is 5.43. The van der Waals surface area contributed by atoms with Gasteiger partial charge >= 0.3 is 0 Å². The lowest BCUT2D eigenvalue weighted by molar-refractivity contribution is -0.135. The molecule has 0 bridgehead atoms. The Kier molecular flexibility index (Phi) is 6.10. The molecule has 2 aliphatic rings. The van der Waals surface area contributed by atoms with Gasteiger partial charge in [0.05, 0.1) is 0 Å². The quantitative estimate of drug-likeness (QED) is 0.719. The van der Waals surface area contributed by atoms with Gasteiger partial charge in [-0.15, -0.1) is 0 Å². The number of primary amides is 1. The molecule has 2 atom stereocenters. The smallest absolute Gasteiger partial charge is 0.224 e. The van der Waals surface area contributed by atoms with Crippen LogP contribution in [-0.2, 0) is 9.59 Å². The molecule has 2 saturated carbocycles. The largest absolute Gasteiger partial charge is 0.369 e. The van der Waals surface area contributed by atoms with E-state index in [2.05, 4.69) is 5.32 Å². The first-order valence-corrected chi connectivity index (χ1v) is 9.37. The summed E-state index contributed by atoms with van der Waals surface area (Å²) in [7, 11) is 0. The standard InChI is InChI=1S/C19H34N2O2/c1-19(2,3)21-18(23)16(12-14-8-9-14)15(17(20)22)11-10-13-6-4-5-7-13/h13-16H,4-12H2,1-3H3,(H2,20,22)(H,21,23). The van der Waals surface area contributed by atoms with Crippen molar-refractivity contribution in [3.63, 3.8) is 0 Å². The van der Waals surface area contributed by atoms with Gasteiger partial charge in [-0.2, -0.15) is 0 Å². The monoisotopic (exact) mass is 322 g/mol. The van der Waals surface area contributed by atoms with Crippen molar-refractivity contribution in [2.75, 3.05) is 0 Å². The third kappa shape index (κ3) is 6.15. The Morgan fingerprint density at radius 1 is 1.04 bits per heavy atom. The van der Waals surface area contributed by atoms with Gasteiger partial charge in [-0.05, 0) is 51.9 Å². The minimum absolute atomic E-state index is 0.0135. The van der Waals surface area contributed by atoms with Crippen molar-refractivity contribution in [2.45, 2.75) is 84.1 Å². The molecule has 2 rings (SSSR count). The molecule has 0 radical (unpaired) electrons. The fourth-order valence-electron chi connectivity index (χ4n) is 3.89. The van der Waals surface area contributed by atoms with Crippen molar-refractivity contribution in [3.05, 3.63) is 0 Å². The first kappa shape index (κ1) is 18.3. The molecule has 2 amide bonds. The second-order valence-electron chi connectivity index (χ2n) is 8.76. The summed E-state index contributed by atoms with van der Waals surface area (Å²) >= 11 is 0. The summed E-state index contributed by atoms with van der Waals surface area (Å²) < 4.78 is 0.